The second-order valence-electron chi connectivity index (χ2n) is 2.61. The van der Waals surface area contributed by atoms with Crippen molar-refractivity contribution in [2.24, 2.45) is 5.14 Å². The number of hydrogen-bond acceptors (Lipinski definition) is 4. The van der Waals surface area contributed by atoms with Crippen molar-refractivity contribution < 1.29 is 22.3 Å². The maximum absolute atomic E-state index is 12.2. The fourth-order valence-electron chi connectivity index (χ4n) is 0.859. The lowest BCUT2D eigenvalue weighted by Gasteiger charge is -2.05. The SMILES string of the molecule is NS(=O)(=O)c1cc(=O)c(O)c(C(F)F)[nH]1. The quantitative estimate of drug-likeness (QED) is 0.656. The second-order valence-corrected chi connectivity index (χ2v) is 4.14. The summed E-state index contributed by atoms with van der Waals surface area (Å²) in [5.74, 6) is -1.22. The Morgan fingerprint density at radius 1 is 1.47 bits per heavy atom. The van der Waals surface area contributed by atoms with E-state index in [-0.39, 0.29) is 0 Å². The highest BCUT2D eigenvalue weighted by molar-refractivity contribution is 7.89. The van der Waals surface area contributed by atoms with Gasteiger partial charge < -0.3 is 10.1 Å². The summed E-state index contributed by atoms with van der Waals surface area (Å²) in [5.41, 5.74) is -2.42. The van der Waals surface area contributed by atoms with Gasteiger partial charge in [0.15, 0.2) is 10.8 Å². The minimum absolute atomic E-state index is 0.427. The third kappa shape index (κ3) is 2.30. The van der Waals surface area contributed by atoms with Gasteiger partial charge in [-0.2, -0.15) is 0 Å². The molecule has 0 saturated carbocycles. The first-order chi connectivity index (χ1) is 6.73. The Balaban J connectivity index is 3.58. The number of aromatic amines is 1. The number of rotatable bonds is 2. The van der Waals surface area contributed by atoms with E-state index in [9.17, 15) is 22.0 Å². The van der Waals surface area contributed by atoms with Gasteiger partial charge in [-0.3, -0.25) is 4.79 Å². The first-order valence-electron chi connectivity index (χ1n) is 3.50. The number of halogens is 2. The molecule has 0 aromatic carbocycles. The summed E-state index contributed by atoms with van der Waals surface area (Å²) >= 11 is 0. The fraction of sp³-hybridized carbons (Fsp3) is 0.167. The number of H-pyrrole nitrogens is 1. The van der Waals surface area contributed by atoms with Crippen LogP contribution in [-0.2, 0) is 10.0 Å². The van der Waals surface area contributed by atoms with Crippen molar-refractivity contribution in [1.82, 2.24) is 4.98 Å². The molecule has 15 heavy (non-hydrogen) atoms. The van der Waals surface area contributed by atoms with Crippen LogP contribution in [0.4, 0.5) is 8.78 Å². The van der Waals surface area contributed by atoms with E-state index in [1.54, 1.807) is 4.98 Å². The maximum Gasteiger partial charge on any atom is 0.282 e. The van der Waals surface area contributed by atoms with Crippen molar-refractivity contribution in [1.29, 1.82) is 0 Å². The van der Waals surface area contributed by atoms with Crippen LogP contribution >= 0.6 is 0 Å². The van der Waals surface area contributed by atoms with Crippen LogP contribution in [0, 0.1) is 0 Å². The summed E-state index contributed by atoms with van der Waals surface area (Å²) in [7, 11) is -4.30. The number of aromatic hydroxyl groups is 1. The van der Waals surface area contributed by atoms with Gasteiger partial charge in [-0.25, -0.2) is 22.3 Å². The number of nitrogens with one attached hydrogen (secondary N) is 1. The molecule has 0 aliphatic rings. The Hall–Kier alpha value is -1.48. The molecule has 0 radical (unpaired) electrons. The summed E-state index contributed by atoms with van der Waals surface area (Å²) in [6, 6.07) is 0.427. The normalized spacial score (nSPS) is 12.0. The Bertz CT molecular complexity index is 537. The van der Waals surface area contributed by atoms with Crippen molar-refractivity contribution in [3.05, 3.63) is 22.0 Å². The molecule has 1 aromatic rings. The van der Waals surface area contributed by atoms with Gasteiger partial charge in [-0.05, 0) is 0 Å². The van der Waals surface area contributed by atoms with Crippen LogP contribution < -0.4 is 10.6 Å². The van der Waals surface area contributed by atoms with Gasteiger partial charge in [-0.15, -0.1) is 0 Å². The number of pyridine rings is 1. The van der Waals surface area contributed by atoms with Gasteiger partial charge in [0, 0.05) is 6.07 Å². The van der Waals surface area contributed by atoms with Gasteiger partial charge in [0.25, 0.3) is 16.4 Å². The fourth-order valence-corrected chi connectivity index (χ4v) is 1.38. The third-order valence-electron chi connectivity index (χ3n) is 1.53. The van der Waals surface area contributed by atoms with Crippen LogP contribution in [0.3, 0.4) is 0 Å². The molecular weight excluding hydrogens is 234 g/mol. The predicted molar refractivity (Wildman–Crippen MR) is 45.1 cm³/mol. The van der Waals surface area contributed by atoms with Crippen molar-refractivity contribution in [2.45, 2.75) is 11.5 Å². The van der Waals surface area contributed by atoms with Crippen LogP contribution in [0.15, 0.2) is 15.9 Å². The summed E-state index contributed by atoms with van der Waals surface area (Å²) in [6.45, 7) is 0. The summed E-state index contributed by atoms with van der Waals surface area (Å²) in [5, 5.41) is 12.6. The van der Waals surface area contributed by atoms with Gasteiger partial charge >= 0.3 is 0 Å². The molecule has 1 heterocycles. The molecule has 0 aliphatic carbocycles. The predicted octanol–water partition coefficient (Wildman–Crippen LogP) is -0.334. The molecule has 84 valence electrons. The number of alkyl halides is 2. The highest BCUT2D eigenvalue weighted by atomic mass is 32.2. The number of aromatic nitrogens is 1. The number of hydrogen-bond donors (Lipinski definition) is 3. The van der Waals surface area contributed by atoms with E-state index in [4.69, 9.17) is 5.11 Å². The molecule has 0 fully saturated rings. The molecule has 6 nitrogen and oxygen atoms in total. The van der Waals surface area contributed by atoms with Crippen molar-refractivity contribution in [3.8, 4) is 5.75 Å². The minimum Gasteiger partial charge on any atom is -0.503 e. The number of nitrogens with two attached hydrogens (primary N) is 1. The van der Waals surface area contributed by atoms with Crippen molar-refractivity contribution >= 4 is 10.0 Å². The van der Waals surface area contributed by atoms with E-state index in [1.807, 2.05) is 0 Å². The van der Waals surface area contributed by atoms with E-state index >= 15 is 0 Å². The Kier molecular flexibility index (Phi) is 2.77. The average Bonchev–Trinajstić information content (AvgIpc) is 2.06. The van der Waals surface area contributed by atoms with E-state index in [0.29, 0.717) is 6.07 Å². The first kappa shape index (κ1) is 11.6. The lowest BCUT2D eigenvalue weighted by Crippen LogP contribution is -2.18. The molecule has 9 heteroatoms. The van der Waals surface area contributed by atoms with Crippen LogP contribution in [-0.4, -0.2) is 18.5 Å². The first-order valence-corrected chi connectivity index (χ1v) is 5.05. The molecule has 1 aromatic heterocycles. The van der Waals surface area contributed by atoms with Gasteiger partial charge in [0.05, 0.1) is 0 Å². The number of sulfonamides is 1. The number of primary sulfonamides is 1. The summed E-state index contributed by atoms with van der Waals surface area (Å²) in [6.07, 6.45) is -3.21. The lowest BCUT2D eigenvalue weighted by atomic mass is 10.3. The lowest BCUT2D eigenvalue weighted by molar-refractivity contribution is 0.140. The van der Waals surface area contributed by atoms with E-state index in [0.717, 1.165) is 0 Å². The maximum atomic E-state index is 12.2. The van der Waals surface area contributed by atoms with Crippen LogP contribution in [0.25, 0.3) is 0 Å². The van der Waals surface area contributed by atoms with Crippen LogP contribution in [0.2, 0.25) is 0 Å². The Morgan fingerprint density at radius 2 is 2.00 bits per heavy atom. The molecule has 0 atom stereocenters. The molecule has 0 bridgehead atoms. The highest BCUT2D eigenvalue weighted by Crippen LogP contribution is 2.23. The monoisotopic (exact) mass is 240 g/mol. The third-order valence-corrected chi connectivity index (χ3v) is 2.37. The summed E-state index contributed by atoms with van der Waals surface area (Å²) < 4.78 is 45.9. The zero-order valence-corrected chi connectivity index (χ0v) is 7.88. The Labute approximate surface area is 82.4 Å². The second kappa shape index (κ2) is 3.59. The standard InChI is InChI=1S/C6H6F2N2O4S/c7-6(8)4-5(12)2(11)1-3(10-4)15(9,13)14/h1,6,12H,(H,10,11)(H2,9,13,14). The minimum atomic E-state index is -4.30. The topological polar surface area (TPSA) is 113 Å². The highest BCUT2D eigenvalue weighted by Gasteiger charge is 2.20. The largest absolute Gasteiger partial charge is 0.503 e. The molecule has 0 aliphatic heterocycles. The van der Waals surface area contributed by atoms with Crippen molar-refractivity contribution in [2.75, 3.05) is 0 Å². The molecule has 0 spiro atoms. The van der Waals surface area contributed by atoms with E-state index < -0.39 is 38.3 Å². The van der Waals surface area contributed by atoms with Crippen LogP contribution in [0.5, 0.6) is 5.75 Å². The summed E-state index contributed by atoms with van der Waals surface area (Å²) in [4.78, 5) is 12.6. The van der Waals surface area contributed by atoms with Gasteiger partial charge in [-0.1, -0.05) is 0 Å². The average molecular weight is 240 g/mol. The van der Waals surface area contributed by atoms with Gasteiger partial charge in [0.1, 0.15) is 5.69 Å². The molecule has 4 N–H and O–H groups in total. The van der Waals surface area contributed by atoms with E-state index in [1.165, 1.54) is 0 Å². The molecule has 0 amide bonds. The zero-order valence-electron chi connectivity index (χ0n) is 7.07. The molecule has 0 unspecified atom stereocenters. The smallest absolute Gasteiger partial charge is 0.282 e. The molecular formula is C6H6F2N2O4S. The van der Waals surface area contributed by atoms with Crippen LogP contribution in [0.1, 0.15) is 12.1 Å². The van der Waals surface area contributed by atoms with Crippen molar-refractivity contribution in [3.63, 3.8) is 0 Å². The molecule has 1 rings (SSSR count). The Morgan fingerprint density at radius 3 is 2.40 bits per heavy atom. The molecule has 0 saturated heterocycles. The van der Waals surface area contributed by atoms with E-state index in [2.05, 4.69) is 5.14 Å². The zero-order chi connectivity index (χ0) is 11.8. The van der Waals surface area contributed by atoms with Gasteiger partial charge in [0.2, 0.25) is 5.43 Å².